The summed E-state index contributed by atoms with van der Waals surface area (Å²) in [6.07, 6.45) is 7.02. The monoisotopic (exact) mass is 279 g/mol. The zero-order chi connectivity index (χ0) is 13.7. The minimum Gasteiger partial charge on any atom is -0.478 e. The van der Waals surface area contributed by atoms with Crippen LogP contribution in [0.4, 0.5) is 0 Å². The van der Waals surface area contributed by atoms with Crippen molar-refractivity contribution in [3.8, 4) is 0 Å². The van der Waals surface area contributed by atoms with Crippen LogP contribution in [0.15, 0.2) is 18.2 Å². The van der Waals surface area contributed by atoms with Crippen LogP contribution in [-0.4, -0.2) is 29.1 Å². The van der Waals surface area contributed by atoms with Crippen molar-refractivity contribution in [2.24, 2.45) is 5.92 Å². The molecule has 0 radical (unpaired) electrons. The van der Waals surface area contributed by atoms with Crippen LogP contribution in [0.25, 0.3) is 6.08 Å². The molecule has 0 saturated heterocycles. The Kier molecular flexibility index (Phi) is 5.16. The van der Waals surface area contributed by atoms with E-state index in [1.807, 2.05) is 6.07 Å². The Balaban J connectivity index is 1.88. The number of carboxylic acid groups (broad SMARTS) is 1. The average Bonchev–Trinajstić information content (AvgIpc) is 2.77. The number of nitrogens with zero attached hydrogens (tertiary/aromatic N) is 1. The van der Waals surface area contributed by atoms with Crippen molar-refractivity contribution in [1.82, 2.24) is 4.90 Å². The van der Waals surface area contributed by atoms with Gasteiger partial charge in [-0.2, -0.15) is 0 Å². The van der Waals surface area contributed by atoms with Gasteiger partial charge in [0.15, 0.2) is 0 Å². The number of hydrogen-bond acceptors (Lipinski definition) is 3. The fraction of sp³-hybridized carbons (Fsp3) is 0.533. The molecule has 104 valence electrons. The van der Waals surface area contributed by atoms with Gasteiger partial charge in [0.2, 0.25) is 0 Å². The molecule has 0 aliphatic heterocycles. The van der Waals surface area contributed by atoms with Gasteiger partial charge in [0.1, 0.15) is 0 Å². The molecule has 1 aromatic heterocycles. The van der Waals surface area contributed by atoms with E-state index in [0.29, 0.717) is 0 Å². The minimum atomic E-state index is -0.893. The number of hydrogen-bond donors (Lipinski definition) is 1. The zero-order valence-electron chi connectivity index (χ0n) is 11.3. The van der Waals surface area contributed by atoms with Gasteiger partial charge in [-0.15, -0.1) is 11.3 Å². The van der Waals surface area contributed by atoms with Crippen LogP contribution >= 0.6 is 11.3 Å². The zero-order valence-corrected chi connectivity index (χ0v) is 12.2. The third kappa shape index (κ3) is 4.48. The molecule has 1 heterocycles. The van der Waals surface area contributed by atoms with Gasteiger partial charge in [-0.1, -0.05) is 13.3 Å². The number of carbonyl (C=O) groups is 1. The molecule has 1 aromatic rings. The molecule has 2 rings (SSSR count). The standard InChI is InChI=1S/C15H21NO2S/c1-2-16(10-12-4-3-5-12)11-14-7-6-13(19-14)8-9-15(17)18/h6-9,12H,2-5,10-11H2,1H3,(H,17,18)/b9-8+. The van der Waals surface area contributed by atoms with Gasteiger partial charge in [-0.3, -0.25) is 4.90 Å². The largest absolute Gasteiger partial charge is 0.478 e. The molecular weight excluding hydrogens is 258 g/mol. The highest BCUT2D eigenvalue weighted by atomic mass is 32.1. The summed E-state index contributed by atoms with van der Waals surface area (Å²) in [5, 5.41) is 8.61. The number of thiophene rings is 1. The van der Waals surface area contributed by atoms with E-state index < -0.39 is 5.97 Å². The van der Waals surface area contributed by atoms with Gasteiger partial charge >= 0.3 is 5.97 Å². The molecule has 1 aliphatic rings. The van der Waals surface area contributed by atoms with E-state index in [0.717, 1.165) is 23.9 Å². The van der Waals surface area contributed by atoms with E-state index in [4.69, 9.17) is 5.11 Å². The SMILES string of the molecule is CCN(Cc1ccc(/C=C/C(=O)O)s1)CC1CCC1. The lowest BCUT2D eigenvalue weighted by atomic mass is 9.85. The third-order valence-corrected chi connectivity index (χ3v) is 4.68. The summed E-state index contributed by atoms with van der Waals surface area (Å²) in [6.45, 7) is 5.47. The highest BCUT2D eigenvalue weighted by Crippen LogP contribution is 2.28. The van der Waals surface area contributed by atoms with E-state index in [-0.39, 0.29) is 0 Å². The van der Waals surface area contributed by atoms with Crippen LogP contribution in [0.1, 0.15) is 35.9 Å². The second kappa shape index (κ2) is 6.87. The average molecular weight is 279 g/mol. The van der Waals surface area contributed by atoms with Gasteiger partial charge in [-0.05, 0) is 43.5 Å². The fourth-order valence-corrected chi connectivity index (χ4v) is 3.25. The summed E-state index contributed by atoms with van der Waals surface area (Å²) >= 11 is 1.68. The highest BCUT2D eigenvalue weighted by Gasteiger charge is 2.20. The van der Waals surface area contributed by atoms with Crippen molar-refractivity contribution in [3.63, 3.8) is 0 Å². The Labute approximate surface area is 118 Å². The highest BCUT2D eigenvalue weighted by molar-refractivity contribution is 7.12. The van der Waals surface area contributed by atoms with Gasteiger partial charge in [-0.25, -0.2) is 4.79 Å². The van der Waals surface area contributed by atoms with Crippen molar-refractivity contribution in [2.75, 3.05) is 13.1 Å². The minimum absolute atomic E-state index is 0.893. The number of aliphatic carboxylic acids is 1. The first-order valence-electron chi connectivity index (χ1n) is 6.89. The second-order valence-corrected chi connectivity index (χ2v) is 6.30. The van der Waals surface area contributed by atoms with Crippen LogP contribution in [0.2, 0.25) is 0 Å². The van der Waals surface area contributed by atoms with Crippen molar-refractivity contribution >= 4 is 23.4 Å². The topological polar surface area (TPSA) is 40.5 Å². The summed E-state index contributed by atoms with van der Waals surface area (Å²) < 4.78 is 0. The maximum absolute atomic E-state index is 10.5. The Morgan fingerprint density at radius 2 is 2.32 bits per heavy atom. The molecular formula is C15H21NO2S. The van der Waals surface area contributed by atoms with E-state index in [9.17, 15) is 4.79 Å². The molecule has 0 unspecified atom stereocenters. The van der Waals surface area contributed by atoms with Gasteiger partial charge in [0.25, 0.3) is 0 Å². The van der Waals surface area contributed by atoms with E-state index in [1.54, 1.807) is 17.4 Å². The second-order valence-electron chi connectivity index (χ2n) is 5.10. The third-order valence-electron chi connectivity index (χ3n) is 3.64. The van der Waals surface area contributed by atoms with Crippen LogP contribution in [-0.2, 0) is 11.3 Å². The van der Waals surface area contributed by atoms with Gasteiger partial charge in [0.05, 0.1) is 0 Å². The van der Waals surface area contributed by atoms with E-state index in [1.165, 1.54) is 36.8 Å². The van der Waals surface area contributed by atoms with E-state index >= 15 is 0 Å². The fourth-order valence-electron chi connectivity index (χ4n) is 2.29. The molecule has 1 N–H and O–H groups in total. The van der Waals surface area contributed by atoms with Crippen LogP contribution in [0.5, 0.6) is 0 Å². The van der Waals surface area contributed by atoms with Crippen molar-refractivity contribution in [1.29, 1.82) is 0 Å². The lowest BCUT2D eigenvalue weighted by molar-refractivity contribution is -0.131. The van der Waals surface area contributed by atoms with Gasteiger partial charge < -0.3 is 5.11 Å². The molecule has 1 aliphatic carbocycles. The van der Waals surface area contributed by atoms with Crippen LogP contribution in [0, 0.1) is 5.92 Å². The molecule has 0 bridgehead atoms. The summed E-state index contributed by atoms with van der Waals surface area (Å²) in [7, 11) is 0. The summed E-state index contributed by atoms with van der Waals surface area (Å²) in [4.78, 5) is 15.3. The van der Waals surface area contributed by atoms with Gasteiger partial charge in [0, 0.05) is 28.9 Å². The maximum atomic E-state index is 10.5. The summed E-state index contributed by atoms with van der Waals surface area (Å²) in [5.74, 6) is 0.00130. The molecule has 1 saturated carbocycles. The lowest BCUT2D eigenvalue weighted by Gasteiger charge is -2.31. The van der Waals surface area contributed by atoms with E-state index in [2.05, 4.69) is 17.9 Å². The maximum Gasteiger partial charge on any atom is 0.328 e. The smallest absolute Gasteiger partial charge is 0.328 e. The molecule has 19 heavy (non-hydrogen) atoms. The lowest BCUT2D eigenvalue weighted by Crippen LogP contribution is -2.31. The summed E-state index contributed by atoms with van der Waals surface area (Å²) in [5.41, 5.74) is 0. The molecule has 0 spiro atoms. The number of rotatable bonds is 7. The Hall–Kier alpha value is -1.13. The Morgan fingerprint density at radius 3 is 2.89 bits per heavy atom. The summed E-state index contributed by atoms with van der Waals surface area (Å²) in [6, 6.07) is 4.10. The Morgan fingerprint density at radius 1 is 1.53 bits per heavy atom. The van der Waals surface area contributed by atoms with Crippen molar-refractivity contribution in [3.05, 3.63) is 28.0 Å². The molecule has 1 fully saturated rings. The molecule has 0 aromatic carbocycles. The molecule has 0 amide bonds. The quantitative estimate of drug-likeness (QED) is 0.777. The first-order chi connectivity index (χ1) is 9.17. The predicted molar refractivity (Wildman–Crippen MR) is 79.3 cm³/mol. The van der Waals surface area contributed by atoms with Crippen LogP contribution in [0.3, 0.4) is 0 Å². The van der Waals surface area contributed by atoms with Crippen molar-refractivity contribution in [2.45, 2.75) is 32.7 Å². The molecule has 3 nitrogen and oxygen atoms in total. The molecule has 0 atom stereocenters. The normalized spacial score (nSPS) is 16.1. The molecule has 4 heteroatoms. The predicted octanol–water partition coefficient (Wildman–Crippen LogP) is 3.47. The van der Waals surface area contributed by atoms with Crippen molar-refractivity contribution < 1.29 is 9.90 Å². The Bertz CT molecular complexity index is 449. The number of carboxylic acids is 1. The first-order valence-corrected chi connectivity index (χ1v) is 7.71. The van der Waals surface area contributed by atoms with Crippen LogP contribution < -0.4 is 0 Å². The first kappa shape index (κ1) is 14.3.